The van der Waals surface area contributed by atoms with Gasteiger partial charge in [-0.2, -0.15) is 0 Å². The molecule has 152 valence electrons. The maximum Gasteiger partial charge on any atom is 0.342 e. The first-order valence-corrected chi connectivity index (χ1v) is 9.56. The fourth-order valence-electron chi connectivity index (χ4n) is 3.25. The summed E-state index contributed by atoms with van der Waals surface area (Å²) in [5, 5.41) is 20.6. The van der Waals surface area contributed by atoms with Crippen molar-refractivity contribution in [1.82, 2.24) is 0 Å². The number of fused-ring (bicyclic) bond motifs is 1. The lowest BCUT2D eigenvalue weighted by Crippen LogP contribution is -2.27. The highest BCUT2D eigenvalue weighted by Crippen LogP contribution is 2.28. The molecule has 0 saturated carbocycles. The number of carbonyl (C=O) groups is 2. The van der Waals surface area contributed by atoms with Gasteiger partial charge in [-0.25, -0.2) is 9.59 Å². The maximum absolute atomic E-state index is 12.7. The van der Waals surface area contributed by atoms with Crippen LogP contribution < -0.4 is 0 Å². The summed E-state index contributed by atoms with van der Waals surface area (Å²) in [5.41, 5.74) is 0.904. The average molecular weight is 388 g/mol. The minimum Gasteiger partial charge on any atom is -0.507 e. The predicted octanol–water partition coefficient (Wildman–Crippen LogP) is 3.32. The van der Waals surface area contributed by atoms with Crippen molar-refractivity contribution in [1.29, 1.82) is 0 Å². The minimum atomic E-state index is -0.631. The molecular formula is C22H28O6. The van der Waals surface area contributed by atoms with Gasteiger partial charge in [0.15, 0.2) is 0 Å². The highest BCUT2D eigenvalue weighted by Gasteiger charge is 2.26. The predicted molar refractivity (Wildman–Crippen MR) is 105 cm³/mol. The molecule has 2 rings (SSSR count). The van der Waals surface area contributed by atoms with Crippen molar-refractivity contribution >= 4 is 11.9 Å². The molecule has 0 aliphatic carbocycles. The maximum atomic E-state index is 12.7. The molecule has 3 unspecified atom stereocenters. The highest BCUT2D eigenvalue weighted by atomic mass is 16.5. The van der Waals surface area contributed by atoms with Crippen LogP contribution in [-0.4, -0.2) is 41.0 Å². The van der Waals surface area contributed by atoms with Crippen LogP contribution in [0.4, 0.5) is 0 Å². The van der Waals surface area contributed by atoms with Gasteiger partial charge >= 0.3 is 11.9 Å². The number of aliphatic hydroxyl groups excluding tert-OH is 1. The summed E-state index contributed by atoms with van der Waals surface area (Å²) in [6, 6.07) is 4.97. The first kappa shape index (κ1) is 21.7. The Kier molecular flexibility index (Phi) is 8.26. The number of phenols is 1. The van der Waals surface area contributed by atoms with Gasteiger partial charge in [-0.15, -0.1) is 0 Å². The highest BCUT2D eigenvalue weighted by molar-refractivity contribution is 5.94. The second kappa shape index (κ2) is 10.7. The van der Waals surface area contributed by atoms with Crippen LogP contribution in [0.25, 0.3) is 0 Å². The Labute approximate surface area is 165 Å². The van der Waals surface area contributed by atoms with Crippen molar-refractivity contribution < 1.29 is 29.3 Å². The van der Waals surface area contributed by atoms with Crippen molar-refractivity contribution in [3.63, 3.8) is 0 Å². The van der Waals surface area contributed by atoms with E-state index >= 15 is 0 Å². The molecule has 1 aliphatic heterocycles. The van der Waals surface area contributed by atoms with Gasteiger partial charge in [0.25, 0.3) is 0 Å². The van der Waals surface area contributed by atoms with E-state index < -0.39 is 24.1 Å². The summed E-state index contributed by atoms with van der Waals surface area (Å²) in [7, 11) is 0. The van der Waals surface area contributed by atoms with Crippen LogP contribution in [0, 0.1) is 5.92 Å². The molecule has 0 saturated heterocycles. The lowest BCUT2D eigenvalue weighted by atomic mass is 9.92. The second-order valence-electron chi connectivity index (χ2n) is 7.07. The van der Waals surface area contributed by atoms with Crippen LogP contribution in [0.2, 0.25) is 0 Å². The number of phenolic OH excluding ortho intramolecular Hbond substituents is 1. The van der Waals surface area contributed by atoms with Crippen LogP contribution >= 0.6 is 0 Å². The van der Waals surface area contributed by atoms with E-state index in [2.05, 4.69) is 6.58 Å². The lowest BCUT2D eigenvalue weighted by Gasteiger charge is -2.23. The third-order valence-electron chi connectivity index (χ3n) is 4.87. The summed E-state index contributed by atoms with van der Waals surface area (Å²) in [6.45, 7) is 5.56. The smallest absolute Gasteiger partial charge is 0.342 e. The molecule has 1 aromatic rings. The van der Waals surface area contributed by atoms with Crippen molar-refractivity contribution in [3.05, 3.63) is 54.1 Å². The third kappa shape index (κ3) is 6.23. The van der Waals surface area contributed by atoms with E-state index in [0.29, 0.717) is 6.42 Å². The Morgan fingerprint density at radius 2 is 2.21 bits per heavy atom. The van der Waals surface area contributed by atoms with Crippen molar-refractivity contribution in [2.45, 2.75) is 51.2 Å². The molecule has 0 bridgehead atoms. The summed E-state index contributed by atoms with van der Waals surface area (Å²) in [4.78, 5) is 24.3. The molecule has 1 aliphatic rings. The molecule has 6 nitrogen and oxygen atoms in total. The van der Waals surface area contributed by atoms with Crippen molar-refractivity contribution in [2.24, 2.45) is 5.92 Å². The Balaban J connectivity index is 2.18. The van der Waals surface area contributed by atoms with Crippen molar-refractivity contribution in [3.8, 4) is 5.75 Å². The number of esters is 2. The Bertz CT molecular complexity index is 724. The Morgan fingerprint density at radius 3 is 2.96 bits per heavy atom. The van der Waals surface area contributed by atoms with Gasteiger partial charge in [0.1, 0.15) is 24.0 Å². The fraction of sp³-hybridized carbons (Fsp3) is 0.455. The molecule has 1 heterocycles. The van der Waals surface area contributed by atoms with E-state index in [4.69, 9.17) is 9.47 Å². The number of benzene rings is 1. The van der Waals surface area contributed by atoms with Gasteiger partial charge in [0.05, 0.1) is 6.10 Å². The van der Waals surface area contributed by atoms with Crippen LogP contribution in [0.1, 0.15) is 48.5 Å². The monoisotopic (exact) mass is 388 g/mol. The average Bonchev–Trinajstić information content (AvgIpc) is 2.67. The van der Waals surface area contributed by atoms with Crippen LogP contribution in [-0.2, 0) is 20.7 Å². The largest absolute Gasteiger partial charge is 0.507 e. The van der Waals surface area contributed by atoms with E-state index in [1.165, 1.54) is 18.2 Å². The molecule has 1 aromatic carbocycles. The third-order valence-corrected chi connectivity index (χ3v) is 4.87. The molecule has 0 spiro atoms. The molecular weight excluding hydrogens is 360 g/mol. The number of hydrogen-bond donors (Lipinski definition) is 2. The number of cyclic esters (lactones) is 1. The van der Waals surface area contributed by atoms with Gasteiger partial charge in [-0.05, 0) is 36.8 Å². The SMILES string of the molecule is C=CCOC(=O)/C=C/CC1CC(O)C(C)CCCc2cccc(O)c2C(=O)O1. The molecule has 6 heteroatoms. The molecule has 3 atom stereocenters. The zero-order chi connectivity index (χ0) is 20.5. The standard InChI is InChI=1S/C22H28O6/c1-3-13-27-20(25)12-6-10-17-14-19(24)15(2)7-4-8-16-9-5-11-18(23)21(16)22(26)28-17/h3,5-6,9,11-12,15,17,19,23-24H,1,4,7-8,10,13-14H2,2H3/b12-6+. The zero-order valence-electron chi connectivity index (χ0n) is 16.2. The normalized spacial score (nSPS) is 23.4. The number of carbonyl (C=O) groups excluding carboxylic acids is 2. The van der Waals surface area contributed by atoms with Gasteiger partial charge in [-0.1, -0.05) is 37.8 Å². The molecule has 0 aromatic heterocycles. The zero-order valence-corrected chi connectivity index (χ0v) is 16.2. The quantitative estimate of drug-likeness (QED) is 0.457. The molecule has 0 radical (unpaired) electrons. The van der Waals surface area contributed by atoms with E-state index in [0.717, 1.165) is 18.4 Å². The number of aliphatic hydroxyl groups is 1. The summed E-state index contributed by atoms with van der Waals surface area (Å²) in [6.07, 6.45) is 5.75. The molecule has 2 N–H and O–H groups in total. The topological polar surface area (TPSA) is 93.1 Å². The Morgan fingerprint density at radius 1 is 1.43 bits per heavy atom. The van der Waals surface area contributed by atoms with Crippen molar-refractivity contribution in [2.75, 3.05) is 6.61 Å². The van der Waals surface area contributed by atoms with Gasteiger partial charge < -0.3 is 19.7 Å². The number of aryl methyl sites for hydroxylation is 1. The van der Waals surface area contributed by atoms with E-state index in [9.17, 15) is 19.8 Å². The van der Waals surface area contributed by atoms with Gasteiger partial charge in [0.2, 0.25) is 0 Å². The lowest BCUT2D eigenvalue weighted by molar-refractivity contribution is -0.136. The molecule has 0 amide bonds. The van der Waals surface area contributed by atoms with E-state index in [1.807, 2.05) is 6.92 Å². The number of rotatable bonds is 5. The molecule has 28 heavy (non-hydrogen) atoms. The Hall–Kier alpha value is -2.60. The number of hydrogen-bond acceptors (Lipinski definition) is 6. The van der Waals surface area contributed by atoms with Crippen LogP contribution in [0.15, 0.2) is 43.0 Å². The van der Waals surface area contributed by atoms with Gasteiger partial charge in [0, 0.05) is 18.9 Å². The van der Waals surface area contributed by atoms with Crippen LogP contribution in [0.5, 0.6) is 5.75 Å². The second-order valence-corrected chi connectivity index (χ2v) is 7.07. The van der Waals surface area contributed by atoms with Crippen LogP contribution in [0.3, 0.4) is 0 Å². The van der Waals surface area contributed by atoms with Gasteiger partial charge in [-0.3, -0.25) is 0 Å². The first-order chi connectivity index (χ1) is 13.4. The number of aromatic hydroxyl groups is 1. The number of ether oxygens (including phenoxy) is 2. The van der Waals surface area contributed by atoms with E-state index in [-0.39, 0.29) is 36.7 Å². The summed E-state index contributed by atoms with van der Waals surface area (Å²) in [5.74, 6) is -1.21. The molecule has 0 fully saturated rings. The summed E-state index contributed by atoms with van der Waals surface area (Å²) >= 11 is 0. The fourth-order valence-corrected chi connectivity index (χ4v) is 3.25. The summed E-state index contributed by atoms with van der Waals surface area (Å²) < 4.78 is 10.5. The van der Waals surface area contributed by atoms with E-state index in [1.54, 1.807) is 18.2 Å². The minimum absolute atomic E-state index is 0.0431. The first-order valence-electron chi connectivity index (χ1n) is 9.56.